The number of aliphatic hydroxyl groups excluding tert-OH is 2. The maximum atomic E-state index is 12.9. The fraction of sp³-hybridized carbons (Fsp3) is 0.600. The van der Waals surface area contributed by atoms with Crippen molar-refractivity contribution in [1.82, 2.24) is 0 Å². The van der Waals surface area contributed by atoms with Gasteiger partial charge in [0, 0.05) is 6.42 Å². The van der Waals surface area contributed by atoms with Gasteiger partial charge in [0.25, 0.3) is 0 Å². The molecule has 0 saturated heterocycles. The van der Waals surface area contributed by atoms with Gasteiger partial charge in [0.15, 0.2) is 9.84 Å². The molecule has 0 spiro atoms. The highest BCUT2D eigenvalue weighted by Gasteiger charge is 2.50. The number of rotatable bonds is 6. The van der Waals surface area contributed by atoms with E-state index in [0.717, 1.165) is 42.4 Å². The molecule has 0 bridgehead atoms. The highest BCUT2D eigenvalue weighted by Crippen LogP contribution is 2.59. The number of hydrogen-bond acceptors (Lipinski definition) is 4. The molecule has 5 heteroatoms. The molecule has 3 aliphatic rings. The summed E-state index contributed by atoms with van der Waals surface area (Å²) in [6, 6.07) is 7.20. The Morgan fingerprint density at radius 3 is 2.60 bits per heavy atom. The van der Waals surface area contributed by atoms with Crippen molar-refractivity contribution < 1.29 is 18.6 Å². The summed E-state index contributed by atoms with van der Waals surface area (Å²) < 4.78 is 25.9. The zero-order chi connectivity index (χ0) is 25.4. The summed E-state index contributed by atoms with van der Waals surface area (Å²) in [6.45, 7) is 10.7. The van der Waals surface area contributed by atoms with Crippen LogP contribution in [0.2, 0.25) is 0 Å². The molecule has 0 aromatic heterocycles. The molecule has 0 heterocycles. The van der Waals surface area contributed by atoms with E-state index in [-0.39, 0.29) is 11.2 Å². The van der Waals surface area contributed by atoms with Crippen LogP contribution in [0.15, 0.2) is 64.6 Å². The predicted molar refractivity (Wildman–Crippen MR) is 142 cm³/mol. The van der Waals surface area contributed by atoms with Crippen molar-refractivity contribution in [1.29, 1.82) is 0 Å². The fourth-order valence-corrected chi connectivity index (χ4v) is 8.55. The molecule has 4 rings (SSSR count). The fourth-order valence-electron chi connectivity index (χ4n) is 7.08. The van der Waals surface area contributed by atoms with E-state index in [1.54, 1.807) is 12.1 Å². The van der Waals surface area contributed by atoms with Crippen LogP contribution in [-0.2, 0) is 9.84 Å². The molecule has 1 aromatic carbocycles. The SMILES string of the molecule is C=C1/C(=C\C=C2/CCC[C@]3(C)[C@@H]([C@H](C)CCS(=O)(=O)c4ccc(C)cc4)CC[C@@H]23)C[C@@H](O)C[C@@H]1O. The van der Waals surface area contributed by atoms with Crippen molar-refractivity contribution in [2.75, 3.05) is 5.75 Å². The van der Waals surface area contributed by atoms with Gasteiger partial charge in [0.2, 0.25) is 0 Å². The van der Waals surface area contributed by atoms with Crippen molar-refractivity contribution in [3.63, 3.8) is 0 Å². The Balaban J connectivity index is 1.45. The molecule has 35 heavy (non-hydrogen) atoms. The highest BCUT2D eigenvalue weighted by molar-refractivity contribution is 7.91. The van der Waals surface area contributed by atoms with Gasteiger partial charge in [-0.05, 0) is 98.3 Å². The summed E-state index contributed by atoms with van der Waals surface area (Å²) in [7, 11) is -3.27. The van der Waals surface area contributed by atoms with Gasteiger partial charge in [-0.2, -0.15) is 0 Å². The topological polar surface area (TPSA) is 74.6 Å². The van der Waals surface area contributed by atoms with Crippen molar-refractivity contribution in [2.24, 2.45) is 23.2 Å². The van der Waals surface area contributed by atoms with Crippen LogP contribution in [0.4, 0.5) is 0 Å². The number of allylic oxidation sites excluding steroid dienone is 3. The lowest BCUT2D eigenvalue weighted by Gasteiger charge is -2.44. The Hall–Kier alpha value is -1.69. The molecule has 6 atom stereocenters. The zero-order valence-electron chi connectivity index (χ0n) is 21.5. The Bertz CT molecular complexity index is 1100. The second kappa shape index (κ2) is 10.4. The van der Waals surface area contributed by atoms with Gasteiger partial charge in [-0.1, -0.05) is 55.8 Å². The van der Waals surface area contributed by atoms with Gasteiger partial charge >= 0.3 is 0 Å². The Labute approximate surface area is 211 Å². The van der Waals surface area contributed by atoms with Crippen LogP contribution in [0.5, 0.6) is 0 Å². The first-order valence-electron chi connectivity index (χ1n) is 13.3. The Morgan fingerprint density at radius 1 is 1.17 bits per heavy atom. The summed E-state index contributed by atoms with van der Waals surface area (Å²) in [5.41, 5.74) is 4.42. The van der Waals surface area contributed by atoms with Crippen molar-refractivity contribution in [3.05, 3.63) is 65.3 Å². The molecule has 0 unspecified atom stereocenters. The molecule has 0 amide bonds. The second-order valence-corrected chi connectivity index (χ2v) is 13.7. The monoisotopic (exact) mass is 498 g/mol. The van der Waals surface area contributed by atoms with Crippen LogP contribution in [0.3, 0.4) is 0 Å². The minimum absolute atomic E-state index is 0.193. The lowest BCUT2D eigenvalue weighted by atomic mass is 9.61. The summed E-state index contributed by atoms with van der Waals surface area (Å²) in [4.78, 5) is 0.432. The van der Waals surface area contributed by atoms with Crippen LogP contribution < -0.4 is 0 Å². The molecule has 1 aromatic rings. The molecule has 0 aliphatic heterocycles. The lowest BCUT2D eigenvalue weighted by Crippen LogP contribution is -2.36. The Kier molecular flexibility index (Phi) is 7.80. The van der Waals surface area contributed by atoms with Crippen LogP contribution >= 0.6 is 0 Å². The van der Waals surface area contributed by atoms with Gasteiger partial charge in [-0.25, -0.2) is 8.42 Å². The maximum absolute atomic E-state index is 12.9. The van der Waals surface area contributed by atoms with Gasteiger partial charge in [0.1, 0.15) is 0 Å². The Morgan fingerprint density at radius 2 is 1.89 bits per heavy atom. The van der Waals surface area contributed by atoms with Crippen LogP contribution in [0.25, 0.3) is 0 Å². The molecule has 3 aliphatic carbocycles. The summed E-state index contributed by atoms with van der Waals surface area (Å²) in [5, 5.41) is 20.3. The maximum Gasteiger partial charge on any atom is 0.178 e. The van der Waals surface area contributed by atoms with E-state index >= 15 is 0 Å². The molecule has 0 radical (unpaired) electrons. The standard InChI is InChI=1S/C30H42O4S/c1-20-7-11-26(12-8-20)35(33,34)17-15-21(2)27-13-14-28-23(6-5-16-30(27,28)4)9-10-24-18-25(31)19-29(32)22(24)3/h7-12,21,25,27-29,31-32H,3,5-6,13-19H2,1-2,4H3/b23-9+,24-10-/t21-,25-,27-,28+,29+,30-/m1/s1. The van der Waals surface area contributed by atoms with E-state index in [2.05, 4.69) is 32.6 Å². The zero-order valence-corrected chi connectivity index (χ0v) is 22.4. The first-order chi connectivity index (χ1) is 16.5. The van der Waals surface area contributed by atoms with E-state index in [9.17, 15) is 18.6 Å². The van der Waals surface area contributed by atoms with Crippen LogP contribution in [0, 0.1) is 30.1 Å². The summed E-state index contributed by atoms with van der Waals surface area (Å²) in [5.74, 6) is 1.59. The third kappa shape index (κ3) is 5.52. The normalized spacial score (nSPS) is 34.8. The van der Waals surface area contributed by atoms with Crippen LogP contribution in [-0.4, -0.2) is 36.6 Å². The smallest absolute Gasteiger partial charge is 0.178 e. The lowest BCUT2D eigenvalue weighted by molar-refractivity contribution is 0.0861. The van der Waals surface area contributed by atoms with Gasteiger partial charge in [-0.15, -0.1) is 0 Å². The number of benzene rings is 1. The van der Waals surface area contributed by atoms with E-state index < -0.39 is 22.0 Å². The van der Waals surface area contributed by atoms with Crippen molar-refractivity contribution in [3.8, 4) is 0 Å². The summed E-state index contributed by atoms with van der Waals surface area (Å²) in [6.07, 6.45) is 10.5. The van der Waals surface area contributed by atoms with Crippen molar-refractivity contribution in [2.45, 2.75) is 89.2 Å². The first-order valence-corrected chi connectivity index (χ1v) is 14.9. The molecule has 2 N–H and O–H groups in total. The van der Waals surface area contributed by atoms with E-state index in [4.69, 9.17) is 0 Å². The van der Waals surface area contributed by atoms with E-state index in [1.807, 2.05) is 19.1 Å². The number of sulfone groups is 1. The molecule has 4 nitrogen and oxygen atoms in total. The third-order valence-corrected chi connectivity index (χ3v) is 11.0. The quantitative estimate of drug-likeness (QED) is 0.509. The third-order valence-electron chi connectivity index (χ3n) is 9.21. The highest BCUT2D eigenvalue weighted by atomic mass is 32.2. The van der Waals surface area contributed by atoms with Gasteiger partial charge in [0.05, 0.1) is 22.9 Å². The van der Waals surface area contributed by atoms with Gasteiger partial charge in [-0.3, -0.25) is 0 Å². The first kappa shape index (κ1) is 26.4. The molecule has 3 fully saturated rings. The number of hydrogen-bond donors (Lipinski definition) is 2. The second-order valence-electron chi connectivity index (χ2n) is 11.6. The molecule has 3 saturated carbocycles. The number of fused-ring (bicyclic) bond motifs is 1. The minimum atomic E-state index is -3.27. The number of aliphatic hydroxyl groups is 2. The summed E-state index contributed by atoms with van der Waals surface area (Å²) >= 11 is 0. The predicted octanol–water partition coefficient (Wildman–Crippen LogP) is 5.94. The van der Waals surface area contributed by atoms with Gasteiger partial charge < -0.3 is 10.2 Å². The minimum Gasteiger partial charge on any atom is -0.393 e. The molecular weight excluding hydrogens is 456 g/mol. The van der Waals surface area contributed by atoms with E-state index in [1.165, 1.54) is 12.0 Å². The molecule has 192 valence electrons. The van der Waals surface area contributed by atoms with Crippen molar-refractivity contribution >= 4 is 9.84 Å². The van der Waals surface area contributed by atoms with E-state index in [0.29, 0.717) is 41.9 Å². The molecular formula is C30H42O4S. The number of aryl methyl sites for hydroxylation is 1. The van der Waals surface area contributed by atoms with Crippen LogP contribution in [0.1, 0.15) is 70.8 Å². The average Bonchev–Trinajstić information content (AvgIpc) is 3.17. The average molecular weight is 499 g/mol. The largest absolute Gasteiger partial charge is 0.393 e.